The van der Waals surface area contributed by atoms with Crippen LogP contribution in [0.5, 0.6) is 0 Å². The predicted molar refractivity (Wildman–Crippen MR) is 97.8 cm³/mol. The molecule has 2 rings (SSSR count). The summed E-state index contributed by atoms with van der Waals surface area (Å²) in [5.74, 6) is -0.0944. The first-order chi connectivity index (χ1) is 11.5. The van der Waals surface area contributed by atoms with E-state index in [1.807, 2.05) is 7.05 Å². The molecule has 0 aromatic heterocycles. The van der Waals surface area contributed by atoms with Gasteiger partial charge in [-0.3, -0.25) is 10.1 Å². The fourth-order valence-electron chi connectivity index (χ4n) is 4.02. The van der Waals surface area contributed by atoms with Crippen molar-refractivity contribution in [1.29, 1.82) is 0 Å². The van der Waals surface area contributed by atoms with Gasteiger partial charge in [0.15, 0.2) is 0 Å². The lowest BCUT2D eigenvalue weighted by molar-refractivity contribution is -0.148. The van der Waals surface area contributed by atoms with Gasteiger partial charge in [0.1, 0.15) is 5.54 Å². The van der Waals surface area contributed by atoms with Crippen LogP contribution in [0.1, 0.15) is 57.1 Å². The van der Waals surface area contributed by atoms with Crippen LogP contribution in [0.4, 0.5) is 0 Å². The van der Waals surface area contributed by atoms with Crippen LogP contribution in [-0.2, 0) is 17.9 Å². The van der Waals surface area contributed by atoms with Crippen LogP contribution in [0.3, 0.4) is 0 Å². The maximum absolute atomic E-state index is 12.2. The minimum absolute atomic E-state index is 0.237. The first-order valence-corrected chi connectivity index (χ1v) is 9.18. The summed E-state index contributed by atoms with van der Waals surface area (Å²) in [6, 6.07) is 8.40. The molecule has 0 bridgehead atoms. The molecule has 0 amide bonds. The molecule has 134 valence electrons. The molecule has 0 saturated heterocycles. The number of carboxylic acid groups (broad SMARTS) is 1. The van der Waals surface area contributed by atoms with Crippen molar-refractivity contribution in [3.63, 3.8) is 0 Å². The van der Waals surface area contributed by atoms with Gasteiger partial charge in [-0.05, 0) is 49.3 Å². The Kier molecular flexibility index (Phi) is 6.81. The van der Waals surface area contributed by atoms with Gasteiger partial charge in [0.2, 0.25) is 0 Å². The summed E-state index contributed by atoms with van der Waals surface area (Å²) < 4.78 is 0. The monoisotopic (exact) mass is 332 g/mol. The highest BCUT2D eigenvalue weighted by atomic mass is 16.4. The summed E-state index contributed by atoms with van der Waals surface area (Å²) in [6.07, 6.45) is 5.03. The fourth-order valence-corrected chi connectivity index (χ4v) is 4.02. The molecule has 0 spiro atoms. The smallest absolute Gasteiger partial charge is 0.324 e. The highest BCUT2D eigenvalue weighted by Gasteiger charge is 2.46. The van der Waals surface area contributed by atoms with Crippen molar-refractivity contribution >= 4 is 5.97 Å². The number of hydrogen-bond acceptors (Lipinski definition) is 3. The average Bonchev–Trinajstić information content (AvgIpc) is 3.07. The van der Waals surface area contributed by atoms with Gasteiger partial charge in [-0.2, -0.15) is 0 Å². The van der Waals surface area contributed by atoms with E-state index >= 15 is 0 Å². The van der Waals surface area contributed by atoms with Gasteiger partial charge in [0, 0.05) is 13.1 Å². The van der Waals surface area contributed by atoms with E-state index in [1.54, 1.807) is 0 Å². The number of hydrogen-bond donors (Lipinski definition) is 3. The largest absolute Gasteiger partial charge is 0.480 e. The average molecular weight is 332 g/mol. The summed E-state index contributed by atoms with van der Waals surface area (Å²) in [4.78, 5) is 12.2. The summed E-state index contributed by atoms with van der Waals surface area (Å²) in [7, 11) is 1.93. The summed E-state index contributed by atoms with van der Waals surface area (Å²) in [5, 5.41) is 16.7. The molecule has 1 aliphatic rings. The van der Waals surface area contributed by atoms with E-state index < -0.39 is 11.5 Å². The standard InChI is InChI=1S/C20H32N2O2/c1-15(2)12-20(19(23)24,18-6-4-5-7-18)22-14-17-10-8-16(9-11-17)13-21-3/h8-11,15,18,21-22H,4-7,12-14H2,1-3H3,(H,23,24)/t20-/m0/s1. The second kappa shape index (κ2) is 8.63. The van der Waals surface area contributed by atoms with Crippen LogP contribution in [0, 0.1) is 11.8 Å². The molecular formula is C20H32N2O2. The van der Waals surface area contributed by atoms with Crippen molar-refractivity contribution in [3.8, 4) is 0 Å². The van der Waals surface area contributed by atoms with E-state index in [0.29, 0.717) is 18.9 Å². The van der Waals surface area contributed by atoms with Gasteiger partial charge in [-0.15, -0.1) is 0 Å². The zero-order chi connectivity index (χ0) is 17.6. The van der Waals surface area contributed by atoms with Gasteiger partial charge in [-0.25, -0.2) is 0 Å². The van der Waals surface area contributed by atoms with E-state index in [0.717, 1.165) is 37.8 Å². The molecule has 0 aliphatic heterocycles. The molecular weight excluding hydrogens is 300 g/mol. The van der Waals surface area contributed by atoms with Gasteiger partial charge >= 0.3 is 5.97 Å². The summed E-state index contributed by atoms with van der Waals surface area (Å²) in [6.45, 7) is 5.68. The lowest BCUT2D eigenvalue weighted by Crippen LogP contribution is -2.57. The number of carboxylic acids is 1. The first-order valence-electron chi connectivity index (χ1n) is 9.18. The summed E-state index contributed by atoms with van der Waals surface area (Å²) in [5.41, 5.74) is 1.58. The second-order valence-corrected chi connectivity index (χ2v) is 7.56. The molecule has 0 radical (unpaired) electrons. The van der Waals surface area contributed by atoms with E-state index in [4.69, 9.17) is 0 Å². The quantitative estimate of drug-likeness (QED) is 0.647. The van der Waals surface area contributed by atoms with Crippen LogP contribution in [0.15, 0.2) is 24.3 Å². The number of benzene rings is 1. The zero-order valence-corrected chi connectivity index (χ0v) is 15.3. The molecule has 1 aromatic carbocycles. The molecule has 4 heteroatoms. The third-order valence-electron chi connectivity index (χ3n) is 5.18. The van der Waals surface area contributed by atoms with Crippen molar-refractivity contribution in [2.24, 2.45) is 11.8 Å². The predicted octanol–water partition coefficient (Wildman–Crippen LogP) is 3.56. The molecule has 1 aliphatic carbocycles. The van der Waals surface area contributed by atoms with Crippen LogP contribution >= 0.6 is 0 Å². The third-order valence-corrected chi connectivity index (χ3v) is 5.18. The molecule has 1 saturated carbocycles. The number of nitrogens with one attached hydrogen (secondary N) is 2. The first kappa shape index (κ1) is 18.9. The number of rotatable bonds is 9. The zero-order valence-electron chi connectivity index (χ0n) is 15.3. The highest BCUT2D eigenvalue weighted by Crippen LogP contribution is 2.38. The van der Waals surface area contributed by atoms with Crippen LogP contribution < -0.4 is 10.6 Å². The Morgan fingerprint density at radius 3 is 2.17 bits per heavy atom. The Hall–Kier alpha value is -1.39. The van der Waals surface area contributed by atoms with Crippen molar-refractivity contribution < 1.29 is 9.90 Å². The van der Waals surface area contributed by atoms with Crippen molar-refractivity contribution in [2.45, 2.75) is 64.6 Å². The molecule has 1 fully saturated rings. The normalized spacial score (nSPS) is 18.0. The van der Waals surface area contributed by atoms with Gasteiger partial charge < -0.3 is 10.4 Å². The van der Waals surface area contributed by atoms with E-state index in [2.05, 4.69) is 48.7 Å². The van der Waals surface area contributed by atoms with Gasteiger partial charge in [-0.1, -0.05) is 51.0 Å². The Morgan fingerprint density at radius 2 is 1.71 bits per heavy atom. The van der Waals surface area contributed by atoms with Crippen LogP contribution in [0.2, 0.25) is 0 Å². The molecule has 4 nitrogen and oxygen atoms in total. The SMILES string of the molecule is CNCc1ccc(CN[C@](CC(C)C)(C(=O)O)C2CCCC2)cc1. The number of aliphatic carboxylic acids is 1. The van der Waals surface area contributed by atoms with E-state index in [1.165, 1.54) is 5.56 Å². The Labute approximate surface area is 146 Å². The van der Waals surface area contributed by atoms with E-state index in [9.17, 15) is 9.90 Å². The molecule has 1 atom stereocenters. The highest BCUT2D eigenvalue weighted by molar-refractivity contribution is 5.79. The second-order valence-electron chi connectivity index (χ2n) is 7.56. The van der Waals surface area contributed by atoms with Crippen LogP contribution in [-0.4, -0.2) is 23.7 Å². The van der Waals surface area contributed by atoms with Crippen LogP contribution in [0.25, 0.3) is 0 Å². The van der Waals surface area contributed by atoms with E-state index in [-0.39, 0.29) is 5.92 Å². The lowest BCUT2D eigenvalue weighted by atomic mass is 9.76. The minimum Gasteiger partial charge on any atom is -0.480 e. The lowest BCUT2D eigenvalue weighted by Gasteiger charge is -2.38. The maximum atomic E-state index is 12.2. The third kappa shape index (κ3) is 4.58. The molecule has 1 aromatic rings. The molecule has 0 unspecified atom stereocenters. The van der Waals surface area contributed by atoms with Crippen molar-refractivity contribution in [1.82, 2.24) is 10.6 Å². The van der Waals surface area contributed by atoms with Gasteiger partial charge in [0.25, 0.3) is 0 Å². The molecule has 0 heterocycles. The van der Waals surface area contributed by atoms with Crippen molar-refractivity contribution in [3.05, 3.63) is 35.4 Å². The topological polar surface area (TPSA) is 61.4 Å². The number of carbonyl (C=O) groups is 1. The Bertz CT molecular complexity index is 521. The Morgan fingerprint density at radius 1 is 1.17 bits per heavy atom. The molecule has 3 N–H and O–H groups in total. The Balaban J connectivity index is 2.13. The minimum atomic E-state index is -0.797. The van der Waals surface area contributed by atoms with Crippen molar-refractivity contribution in [2.75, 3.05) is 7.05 Å². The molecule has 24 heavy (non-hydrogen) atoms. The summed E-state index contributed by atoms with van der Waals surface area (Å²) >= 11 is 0. The maximum Gasteiger partial charge on any atom is 0.324 e. The fraction of sp³-hybridized carbons (Fsp3) is 0.650. The van der Waals surface area contributed by atoms with Gasteiger partial charge in [0.05, 0.1) is 0 Å².